The first-order valence-electron chi connectivity index (χ1n) is 8.66. The van der Waals surface area contributed by atoms with Crippen LogP contribution in [0.25, 0.3) is 11.3 Å². The van der Waals surface area contributed by atoms with E-state index in [9.17, 15) is 5.11 Å². The quantitative estimate of drug-likeness (QED) is 0.604. The first kappa shape index (κ1) is 17.3. The standard InChI is InChI=1S/C22H24O3/c1-15(2)20-13-21(25-22(20)16(3)14-23)17-9-11-19(12-10-17)24-18-7-5-4-6-8-18/h4-13,15-16,23H,14H2,1-3H3. The first-order valence-corrected chi connectivity index (χ1v) is 8.66. The lowest BCUT2D eigenvalue weighted by atomic mass is 9.97. The van der Waals surface area contributed by atoms with E-state index < -0.39 is 0 Å². The molecule has 1 atom stereocenters. The third-order valence-electron chi connectivity index (χ3n) is 4.25. The van der Waals surface area contributed by atoms with Crippen LogP contribution in [0.2, 0.25) is 0 Å². The molecule has 0 aliphatic carbocycles. The van der Waals surface area contributed by atoms with E-state index in [4.69, 9.17) is 9.15 Å². The molecule has 0 aliphatic heterocycles. The molecule has 0 bridgehead atoms. The monoisotopic (exact) mass is 336 g/mol. The molecule has 3 rings (SSSR count). The second-order valence-corrected chi connectivity index (χ2v) is 6.61. The van der Waals surface area contributed by atoms with E-state index >= 15 is 0 Å². The van der Waals surface area contributed by atoms with Crippen molar-refractivity contribution in [3.63, 3.8) is 0 Å². The predicted molar refractivity (Wildman–Crippen MR) is 100 cm³/mol. The molecule has 1 heterocycles. The van der Waals surface area contributed by atoms with Crippen LogP contribution >= 0.6 is 0 Å². The molecule has 2 aromatic carbocycles. The van der Waals surface area contributed by atoms with Crippen molar-refractivity contribution in [3.8, 4) is 22.8 Å². The normalized spacial score (nSPS) is 12.4. The zero-order chi connectivity index (χ0) is 17.8. The van der Waals surface area contributed by atoms with Gasteiger partial charge in [0.05, 0.1) is 6.61 Å². The molecule has 0 spiro atoms. The van der Waals surface area contributed by atoms with E-state index in [-0.39, 0.29) is 12.5 Å². The van der Waals surface area contributed by atoms with Gasteiger partial charge in [-0.05, 0) is 53.9 Å². The molecule has 3 nitrogen and oxygen atoms in total. The van der Waals surface area contributed by atoms with Gasteiger partial charge in [0, 0.05) is 11.5 Å². The van der Waals surface area contributed by atoms with E-state index in [0.717, 1.165) is 34.1 Å². The summed E-state index contributed by atoms with van der Waals surface area (Å²) >= 11 is 0. The van der Waals surface area contributed by atoms with Crippen molar-refractivity contribution in [1.29, 1.82) is 0 Å². The molecule has 0 saturated heterocycles. The van der Waals surface area contributed by atoms with Gasteiger partial charge >= 0.3 is 0 Å². The highest BCUT2D eigenvalue weighted by molar-refractivity contribution is 5.60. The van der Waals surface area contributed by atoms with Gasteiger partial charge in [0.25, 0.3) is 0 Å². The summed E-state index contributed by atoms with van der Waals surface area (Å²) in [6.07, 6.45) is 0. The number of benzene rings is 2. The van der Waals surface area contributed by atoms with Crippen LogP contribution in [0, 0.1) is 0 Å². The smallest absolute Gasteiger partial charge is 0.134 e. The van der Waals surface area contributed by atoms with Crippen LogP contribution in [0.4, 0.5) is 0 Å². The molecular weight excluding hydrogens is 312 g/mol. The maximum atomic E-state index is 9.47. The molecule has 25 heavy (non-hydrogen) atoms. The Balaban J connectivity index is 1.85. The van der Waals surface area contributed by atoms with Crippen molar-refractivity contribution >= 4 is 0 Å². The third kappa shape index (κ3) is 3.94. The predicted octanol–water partition coefficient (Wildman–Crippen LogP) is 5.96. The minimum absolute atomic E-state index is 0.00756. The Hall–Kier alpha value is -2.52. The molecule has 3 heteroatoms. The van der Waals surface area contributed by atoms with Crippen LogP contribution in [0.5, 0.6) is 11.5 Å². The van der Waals surface area contributed by atoms with Crippen LogP contribution < -0.4 is 4.74 Å². The van der Waals surface area contributed by atoms with Gasteiger partial charge in [-0.1, -0.05) is 39.0 Å². The zero-order valence-electron chi connectivity index (χ0n) is 14.9. The van der Waals surface area contributed by atoms with Gasteiger partial charge in [-0.25, -0.2) is 0 Å². The number of ether oxygens (including phenoxy) is 1. The highest BCUT2D eigenvalue weighted by Gasteiger charge is 2.19. The Bertz CT molecular complexity index is 801. The maximum absolute atomic E-state index is 9.47. The molecule has 0 saturated carbocycles. The number of hydrogen-bond donors (Lipinski definition) is 1. The number of furan rings is 1. The minimum atomic E-state index is -0.00756. The molecular formula is C22H24O3. The van der Waals surface area contributed by atoms with Crippen LogP contribution in [0.15, 0.2) is 65.1 Å². The average Bonchev–Trinajstić information content (AvgIpc) is 3.08. The first-order chi connectivity index (χ1) is 12.1. The summed E-state index contributed by atoms with van der Waals surface area (Å²) in [5, 5.41) is 9.47. The van der Waals surface area contributed by atoms with Crippen LogP contribution in [-0.4, -0.2) is 11.7 Å². The molecule has 3 aromatic rings. The summed E-state index contributed by atoms with van der Waals surface area (Å²) in [5.74, 6) is 3.64. The van der Waals surface area contributed by atoms with Crippen molar-refractivity contribution in [3.05, 3.63) is 72.0 Å². The van der Waals surface area contributed by atoms with Crippen LogP contribution in [0.1, 0.15) is 43.9 Å². The Morgan fingerprint density at radius 3 is 2.16 bits per heavy atom. The highest BCUT2D eigenvalue weighted by Crippen LogP contribution is 2.35. The average molecular weight is 336 g/mol. The lowest BCUT2D eigenvalue weighted by Crippen LogP contribution is -2.01. The van der Waals surface area contributed by atoms with Crippen LogP contribution in [0.3, 0.4) is 0 Å². The Labute approximate surface area is 148 Å². The van der Waals surface area contributed by atoms with Crippen molar-refractivity contribution < 1.29 is 14.3 Å². The number of para-hydroxylation sites is 1. The fourth-order valence-electron chi connectivity index (χ4n) is 2.79. The summed E-state index contributed by atoms with van der Waals surface area (Å²) in [4.78, 5) is 0. The fourth-order valence-corrected chi connectivity index (χ4v) is 2.79. The Morgan fingerprint density at radius 1 is 0.920 bits per heavy atom. The zero-order valence-corrected chi connectivity index (χ0v) is 14.9. The molecule has 0 amide bonds. The third-order valence-corrected chi connectivity index (χ3v) is 4.25. The molecule has 1 N–H and O–H groups in total. The van der Waals surface area contributed by atoms with E-state index in [1.165, 1.54) is 0 Å². The number of rotatable bonds is 6. The number of aliphatic hydroxyl groups excluding tert-OH is 1. The second kappa shape index (κ2) is 7.58. The van der Waals surface area contributed by atoms with E-state index in [0.29, 0.717) is 5.92 Å². The van der Waals surface area contributed by atoms with Gasteiger partial charge in [-0.15, -0.1) is 0 Å². The van der Waals surface area contributed by atoms with E-state index in [1.807, 2.05) is 61.5 Å². The van der Waals surface area contributed by atoms with E-state index in [2.05, 4.69) is 19.9 Å². The lowest BCUT2D eigenvalue weighted by Gasteiger charge is -2.09. The molecule has 1 unspecified atom stereocenters. The van der Waals surface area contributed by atoms with Gasteiger partial charge in [-0.3, -0.25) is 0 Å². The Morgan fingerprint density at radius 2 is 1.56 bits per heavy atom. The summed E-state index contributed by atoms with van der Waals surface area (Å²) < 4.78 is 11.9. The number of hydrogen-bond acceptors (Lipinski definition) is 3. The lowest BCUT2D eigenvalue weighted by molar-refractivity contribution is 0.257. The van der Waals surface area contributed by atoms with Crippen molar-refractivity contribution in [2.75, 3.05) is 6.61 Å². The van der Waals surface area contributed by atoms with Crippen LogP contribution in [-0.2, 0) is 0 Å². The van der Waals surface area contributed by atoms with Gasteiger partial charge in [-0.2, -0.15) is 0 Å². The van der Waals surface area contributed by atoms with Crippen molar-refractivity contribution in [2.24, 2.45) is 0 Å². The molecule has 0 aliphatic rings. The van der Waals surface area contributed by atoms with E-state index in [1.54, 1.807) is 0 Å². The Kier molecular flexibility index (Phi) is 5.25. The molecule has 130 valence electrons. The highest BCUT2D eigenvalue weighted by atomic mass is 16.5. The van der Waals surface area contributed by atoms with Gasteiger partial charge in [0.15, 0.2) is 0 Å². The van der Waals surface area contributed by atoms with Crippen molar-refractivity contribution in [1.82, 2.24) is 0 Å². The second-order valence-electron chi connectivity index (χ2n) is 6.61. The topological polar surface area (TPSA) is 42.6 Å². The van der Waals surface area contributed by atoms with Crippen molar-refractivity contribution in [2.45, 2.75) is 32.6 Å². The summed E-state index contributed by atoms with van der Waals surface area (Å²) in [6, 6.07) is 19.7. The maximum Gasteiger partial charge on any atom is 0.134 e. The van der Waals surface area contributed by atoms with Gasteiger partial charge in [0.2, 0.25) is 0 Å². The SMILES string of the molecule is CC(C)c1cc(-c2ccc(Oc3ccccc3)cc2)oc1C(C)CO. The molecule has 0 radical (unpaired) electrons. The van der Waals surface area contributed by atoms with Gasteiger partial charge in [0.1, 0.15) is 23.0 Å². The minimum Gasteiger partial charge on any atom is -0.460 e. The summed E-state index contributed by atoms with van der Waals surface area (Å²) in [7, 11) is 0. The largest absolute Gasteiger partial charge is 0.460 e. The summed E-state index contributed by atoms with van der Waals surface area (Å²) in [6.45, 7) is 6.33. The molecule has 1 aromatic heterocycles. The fraction of sp³-hybridized carbons (Fsp3) is 0.273. The molecule has 0 fully saturated rings. The van der Waals surface area contributed by atoms with Gasteiger partial charge < -0.3 is 14.3 Å². The summed E-state index contributed by atoms with van der Waals surface area (Å²) in [5.41, 5.74) is 2.15. The number of aliphatic hydroxyl groups is 1.